The SMILES string of the molecule is Cc1nc(N2CCC(N3CCOCC3)C2)c2cnn(C)c2n1. The molecule has 4 heterocycles. The first-order valence-corrected chi connectivity index (χ1v) is 7.95. The molecule has 118 valence electrons. The van der Waals surface area contributed by atoms with E-state index in [4.69, 9.17) is 9.72 Å². The van der Waals surface area contributed by atoms with E-state index in [1.165, 1.54) is 6.42 Å². The minimum Gasteiger partial charge on any atom is -0.379 e. The van der Waals surface area contributed by atoms with E-state index in [0.29, 0.717) is 6.04 Å². The molecule has 1 unspecified atom stereocenters. The highest BCUT2D eigenvalue weighted by atomic mass is 16.5. The molecule has 2 aliphatic rings. The van der Waals surface area contributed by atoms with E-state index in [0.717, 1.165) is 62.1 Å². The number of morpholine rings is 1. The molecule has 2 saturated heterocycles. The number of aromatic nitrogens is 4. The Bertz CT molecular complexity index is 678. The van der Waals surface area contributed by atoms with Crippen LogP contribution in [0.2, 0.25) is 0 Å². The van der Waals surface area contributed by atoms with E-state index in [-0.39, 0.29) is 0 Å². The largest absolute Gasteiger partial charge is 0.379 e. The van der Waals surface area contributed by atoms with Crippen LogP contribution in [0.3, 0.4) is 0 Å². The van der Waals surface area contributed by atoms with E-state index in [2.05, 4.69) is 19.9 Å². The molecular weight excluding hydrogens is 280 g/mol. The zero-order chi connectivity index (χ0) is 15.1. The molecule has 0 aromatic carbocycles. The lowest BCUT2D eigenvalue weighted by Gasteiger charge is -2.32. The molecule has 2 aliphatic heterocycles. The number of hydrogen-bond donors (Lipinski definition) is 0. The van der Waals surface area contributed by atoms with Crippen molar-refractivity contribution in [1.29, 1.82) is 0 Å². The molecule has 2 aromatic heterocycles. The maximum Gasteiger partial charge on any atom is 0.163 e. The maximum absolute atomic E-state index is 5.46. The summed E-state index contributed by atoms with van der Waals surface area (Å²) in [6.45, 7) is 7.83. The van der Waals surface area contributed by atoms with Crippen molar-refractivity contribution in [2.45, 2.75) is 19.4 Å². The van der Waals surface area contributed by atoms with Gasteiger partial charge in [-0.1, -0.05) is 0 Å². The summed E-state index contributed by atoms with van der Waals surface area (Å²) in [4.78, 5) is 14.1. The Morgan fingerprint density at radius 1 is 1.18 bits per heavy atom. The summed E-state index contributed by atoms with van der Waals surface area (Å²) in [5.41, 5.74) is 0.914. The number of fused-ring (bicyclic) bond motifs is 1. The lowest BCUT2D eigenvalue weighted by atomic mass is 10.2. The monoisotopic (exact) mass is 302 g/mol. The van der Waals surface area contributed by atoms with Gasteiger partial charge in [-0.3, -0.25) is 9.58 Å². The molecule has 2 aromatic rings. The Hall–Kier alpha value is -1.73. The van der Waals surface area contributed by atoms with Crippen LogP contribution in [0.4, 0.5) is 5.82 Å². The van der Waals surface area contributed by atoms with E-state index in [9.17, 15) is 0 Å². The van der Waals surface area contributed by atoms with E-state index in [1.54, 1.807) is 0 Å². The van der Waals surface area contributed by atoms with Crippen molar-refractivity contribution in [3.05, 3.63) is 12.0 Å². The van der Waals surface area contributed by atoms with Crippen molar-refractivity contribution in [2.24, 2.45) is 7.05 Å². The van der Waals surface area contributed by atoms with Crippen LogP contribution < -0.4 is 4.90 Å². The first kappa shape index (κ1) is 13.9. The fourth-order valence-corrected chi connectivity index (χ4v) is 3.53. The van der Waals surface area contributed by atoms with Gasteiger partial charge >= 0.3 is 0 Å². The third kappa shape index (κ3) is 2.34. The van der Waals surface area contributed by atoms with Crippen molar-refractivity contribution in [3.8, 4) is 0 Å². The van der Waals surface area contributed by atoms with Crippen LogP contribution in [0.15, 0.2) is 6.20 Å². The standard InChI is InChI=1S/C15H22N6O/c1-11-17-14-13(9-16-19(14)2)15(18-11)21-4-3-12(10-21)20-5-7-22-8-6-20/h9,12H,3-8,10H2,1-2H3. The van der Waals surface area contributed by atoms with Crippen LogP contribution in [0.5, 0.6) is 0 Å². The summed E-state index contributed by atoms with van der Waals surface area (Å²) in [5, 5.41) is 5.39. The summed E-state index contributed by atoms with van der Waals surface area (Å²) < 4.78 is 7.28. The predicted molar refractivity (Wildman–Crippen MR) is 84.1 cm³/mol. The smallest absolute Gasteiger partial charge is 0.163 e. The summed E-state index contributed by atoms with van der Waals surface area (Å²) in [6.07, 6.45) is 3.07. The van der Waals surface area contributed by atoms with E-state index >= 15 is 0 Å². The molecule has 0 bridgehead atoms. The van der Waals surface area contributed by atoms with E-state index < -0.39 is 0 Å². The third-order valence-corrected chi connectivity index (χ3v) is 4.71. The summed E-state index contributed by atoms with van der Waals surface area (Å²) >= 11 is 0. The van der Waals surface area contributed by atoms with Gasteiger partial charge in [-0.2, -0.15) is 5.10 Å². The summed E-state index contributed by atoms with van der Waals surface area (Å²) in [6, 6.07) is 0.603. The first-order valence-electron chi connectivity index (χ1n) is 7.95. The number of aryl methyl sites for hydroxylation is 2. The maximum atomic E-state index is 5.46. The topological polar surface area (TPSA) is 59.3 Å². The number of ether oxygens (including phenoxy) is 1. The Labute approximate surface area is 129 Å². The Balaban J connectivity index is 1.60. The van der Waals surface area contributed by atoms with Crippen LogP contribution in [0, 0.1) is 6.92 Å². The second-order valence-electron chi connectivity index (χ2n) is 6.14. The molecule has 7 nitrogen and oxygen atoms in total. The predicted octanol–water partition coefficient (Wildman–Crippen LogP) is 0.583. The quantitative estimate of drug-likeness (QED) is 0.809. The van der Waals surface area contributed by atoms with Gasteiger partial charge in [-0.25, -0.2) is 9.97 Å². The van der Waals surface area contributed by atoms with Crippen molar-refractivity contribution in [1.82, 2.24) is 24.6 Å². The average Bonchev–Trinajstić information content (AvgIpc) is 3.16. The molecule has 4 rings (SSSR count). The van der Waals surface area contributed by atoms with Crippen LogP contribution in [0.25, 0.3) is 11.0 Å². The van der Waals surface area contributed by atoms with Gasteiger partial charge in [0.15, 0.2) is 5.65 Å². The second kappa shape index (κ2) is 5.48. The van der Waals surface area contributed by atoms with Crippen molar-refractivity contribution in [2.75, 3.05) is 44.3 Å². The fourth-order valence-electron chi connectivity index (χ4n) is 3.53. The van der Waals surface area contributed by atoms with Crippen molar-refractivity contribution in [3.63, 3.8) is 0 Å². The lowest BCUT2D eigenvalue weighted by molar-refractivity contribution is 0.0209. The van der Waals surface area contributed by atoms with Crippen LogP contribution in [0.1, 0.15) is 12.2 Å². The van der Waals surface area contributed by atoms with Crippen molar-refractivity contribution >= 4 is 16.9 Å². The van der Waals surface area contributed by atoms with Gasteiger partial charge in [0.25, 0.3) is 0 Å². The van der Waals surface area contributed by atoms with Gasteiger partial charge in [0.2, 0.25) is 0 Å². The highest BCUT2D eigenvalue weighted by molar-refractivity contribution is 5.87. The van der Waals surface area contributed by atoms with Crippen LogP contribution >= 0.6 is 0 Å². The molecule has 0 N–H and O–H groups in total. The van der Waals surface area contributed by atoms with Gasteiger partial charge in [0, 0.05) is 39.3 Å². The molecule has 0 amide bonds. The molecule has 1 atom stereocenters. The zero-order valence-corrected chi connectivity index (χ0v) is 13.2. The molecule has 0 saturated carbocycles. The number of anilines is 1. The Kier molecular flexibility index (Phi) is 3.46. The molecule has 7 heteroatoms. The highest BCUT2D eigenvalue weighted by Crippen LogP contribution is 2.28. The van der Waals surface area contributed by atoms with Gasteiger partial charge in [0.1, 0.15) is 11.6 Å². The number of hydrogen-bond acceptors (Lipinski definition) is 6. The molecule has 22 heavy (non-hydrogen) atoms. The van der Waals surface area contributed by atoms with Gasteiger partial charge < -0.3 is 9.64 Å². The van der Waals surface area contributed by atoms with E-state index in [1.807, 2.05) is 24.9 Å². The number of nitrogens with zero attached hydrogens (tertiary/aromatic N) is 6. The lowest BCUT2D eigenvalue weighted by Crippen LogP contribution is -2.44. The molecular formula is C15H22N6O. The summed E-state index contributed by atoms with van der Waals surface area (Å²) in [7, 11) is 1.93. The number of rotatable bonds is 2. The van der Waals surface area contributed by atoms with Crippen LogP contribution in [-0.4, -0.2) is 70.1 Å². The first-order chi connectivity index (χ1) is 10.7. The molecule has 2 fully saturated rings. The van der Waals surface area contributed by atoms with Gasteiger partial charge in [0.05, 0.1) is 24.8 Å². The molecule has 0 spiro atoms. The fraction of sp³-hybridized carbons (Fsp3) is 0.667. The Morgan fingerprint density at radius 3 is 2.82 bits per heavy atom. The van der Waals surface area contributed by atoms with Crippen LogP contribution in [-0.2, 0) is 11.8 Å². The normalized spacial score (nSPS) is 23.5. The molecule has 0 radical (unpaired) electrons. The molecule has 0 aliphatic carbocycles. The summed E-state index contributed by atoms with van der Waals surface area (Å²) in [5.74, 6) is 1.84. The minimum atomic E-state index is 0.603. The van der Waals surface area contributed by atoms with Crippen molar-refractivity contribution < 1.29 is 4.74 Å². The minimum absolute atomic E-state index is 0.603. The Morgan fingerprint density at radius 2 is 2.00 bits per heavy atom. The average molecular weight is 302 g/mol. The van der Waals surface area contributed by atoms with Gasteiger partial charge in [-0.15, -0.1) is 0 Å². The third-order valence-electron chi connectivity index (χ3n) is 4.71. The van der Waals surface area contributed by atoms with Gasteiger partial charge in [-0.05, 0) is 13.3 Å². The zero-order valence-electron chi connectivity index (χ0n) is 13.2. The highest BCUT2D eigenvalue weighted by Gasteiger charge is 2.30. The second-order valence-corrected chi connectivity index (χ2v) is 6.14.